The molecule has 1 fully saturated rings. The highest BCUT2D eigenvalue weighted by Gasteiger charge is 2.29. The molecule has 2 atom stereocenters. The summed E-state index contributed by atoms with van der Waals surface area (Å²) in [6.45, 7) is 6.42. The van der Waals surface area contributed by atoms with Gasteiger partial charge in [-0.15, -0.1) is 5.10 Å². The van der Waals surface area contributed by atoms with Gasteiger partial charge in [0.1, 0.15) is 5.75 Å². The minimum Gasteiger partial charge on any atom is -0.491 e. The summed E-state index contributed by atoms with van der Waals surface area (Å²) in [6.07, 6.45) is 3.26. The van der Waals surface area contributed by atoms with Crippen molar-refractivity contribution in [3.8, 4) is 11.4 Å². The van der Waals surface area contributed by atoms with Crippen LogP contribution in [0.3, 0.4) is 0 Å². The molecule has 26 heavy (non-hydrogen) atoms. The van der Waals surface area contributed by atoms with Gasteiger partial charge in [-0.2, -0.15) is 0 Å². The Labute approximate surface area is 153 Å². The largest absolute Gasteiger partial charge is 0.491 e. The van der Waals surface area contributed by atoms with E-state index in [1.807, 2.05) is 45.0 Å². The van der Waals surface area contributed by atoms with E-state index in [1.165, 1.54) is 0 Å². The van der Waals surface area contributed by atoms with Crippen molar-refractivity contribution in [3.05, 3.63) is 35.7 Å². The molecule has 1 aromatic carbocycles. The second-order valence-corrected chi connectivity index (χ2v) is 7.10. The van der Waals surface area contributed by atoms with Crippen LogP contribution in [0.4, 0.5) is 0 Å². The van der Waals surface area contributed by atoms with Crippen LogP contribution in [-0.2, 0) is 0 Å². The highest BCUT2D eigenvalue weighted by molar-refractivity contribution is 5.93. The van der Waals surface area contributed by atoms with Crippen LogP contribution in [0, 0.1) is 12.8 Å². The summed E-state index contributed by atoms with van der Waals surface area (Å²) < 4.78 is 7.32. The number of carbonyl (C=O) groups excluding carboxylic acids is 1. The summed E-state index contributed by atoms with van der Waals surface area (Å²) in [5, 5.41) is 11.3. The molecule has 1 saturated carbocycles. The normalized spacial score (nSPS) is 19.7. The van der Waals surface area contributed by atoms with Gasteiger partial charge in [0.25, 0.3) is 5.91 Å². The topological polar surface area (TPSA) is 95.1 Å². The number of nitrogens with one attached hydrogen (secondary N) is 1. The van der Waals surface area contributed by atoms with Crippen molar-refractivity contribution in [2.45, 2.75) is 52.2 Å². The van der Waals surface area contributed by atoms with Gasteiger partial charge < -0.3 is 15.8 Å². The average molecular weight is 357 g/mol. The Kier molecular flexibility index (Phi) is 5.56. The number of rotatable bonds is 6. The number of hydrogen-bond acceptors (Lipinski definition) is 5. The lowest BCUT2D eigenvalue weighted by atomic mass is 10.0. The number of benzene rings is 1. The first kappa shape index (κ1) is 18.4. The Balaban J connectivity index is 1.74. The van der Waals surface area contributed by atoms with E-state index in [9.17, 15) is 4.79 Å². The van der Waals surface area contributed by atoms with Crippen LogP contribution in [-0.4, -0.2) is 39.6 Å². The predicted octanol–water partition coefficient (Wildman–Crippen LogP) is 2.22. The number of amides is 1. The van der Waals surface area contributed by atoms with Crippen molar-refractivity contribution in [2.75, 3.05) is 6.54 Å². The van der Waals surface area contributed by atoms with Crippen molar-refractivity contribution < 1.29 is 9.53 Å². The van der Waals surface area contributed by atoms with Crippen molar-refractivity contribution in [3.63, 3.8) is 0 Å². The fourth-order valence-electron chi connectivity index (χ4n) is 3.47. The van der Waals surface area contributed by atoms with E-state index in [-0.39, 0.29) is 18.1 Å². The summed E-state index contributed by atoms with van der Waals surface area (Å²) in [5.74, 6) is 0.968. The first-order chi connectivity index (χ1) is 12.5. The Hall–Kier alpha value is -2.41. The van der Waals surface area contributed by atoms with Crippen LogP contribution in [0.15, 0.2) is 24.3 Å². The molecule has 7 heteroatoms. The summed E-state index contributed by atoms with van der Waals surface area (Å²) in [7, 11) is 0. The van der Waals surface area contributed by atoms with Crippen LogP contribution in [0.5, 0.6) is 5.75 Å². The lowest BCUT2D eigenvalue weighted by Crippen LogP contribution is -2.40. The minimum absolute atomic E-state index is 0.122. The Morgan fingerprint density at radius 1 is 1.35 bits per heavy atom. The Bertz CT molecular complexity index is 754. The van der Waals surface area contributed by atoms with E-state index in [2.05, 4.69) is 15.6 Å². The third-order valence-electron chi connectivity index (χ3n) is 4.84. The lowest BCUT2D eigenvalue weighted by Gasteiger charge is -2.18. The van der Waals surface area contributed by atoms with E-state index < -0.39 is 0 Å². The number of nitrogens with zero attached hydrogens (tertiary/aromatic N) is 3. The van der Waals surface area contributed by atoms with E-state index in [0.717, 1.165) is 30.7 Å². The fraction of sp³-hybridized carbons (Fsp3) is 0.526. The molecule has 0 bridgehead atoms. The molecule has 1 heterocycles. The third-order valence-corrected chi connectivity index (χ3v) is 4.84. The zero-order valence-corrected chi connectivity index (χ0v) is 15.6. The SMILES string of the molecule is Cc1c(C(=O)NC2CCCC2CN)nnn1-c1ccc(OC(C)C)cc1. The van der Waals surface area contributed by atoms with Crippen LogP contribution in [0.25, 0.3) is 5.69 Å². The Morgan fingerprint density at radius 3 is 2.73 bits per heavy atom. The van der Waals surface area contributed by atoms with Gasteiger partial charge in [-0.05, 0) is 70.3 Å². The fourth-order valence-corrected chi connectivity index (χ4v) is 3.47. The summed E-state index contributed by atoms with van der Waals surface area (Å²) >= 11 is 0. The standard InChI is InChI=1S/C19H27N5O2/c1-12(2)26-16-9-7-15(8-10-16)24-13(3)18(22-23-24)19(25)21-17-6-4-5-14(17)11-20/h7-10,12,14,17H,4-6,11,20H2,1-3H3,(H,21,25). The number of hydrogen-bond donors (Lipinski definition) is 2. The molecule has 0 spiro atoms. The highest BCUT2D eigenvalue weighted by atomic mass is 16.5. The van der Waals surface area contributed by atoms with Crippen molar-refractivity contribution in [1.29, 1.82) is 0 Å². The quantitative estimate of drug-likeness (QED) is 0.826. The average Bonchev–Trinajstić information content (AvgIpc) is 3.21. The van der Waals surface area contributed by atoms with Gasteiger partial charge in [-0.25, -0.2) is 4.68 Å². The van der Waals surface area contributed by atoms with E-state index in [1.54, 1.807) is 4.68 Å². The molecule has 1 aliphatic rings. The van der Waals surface area contributed by atoms with Gasteiger partial charge in [0.2, 0.25) is 0 Å². The maximum absolute atomic E-state index is 12.6. The van der Waals surface area contributed by atoms with E-state index in [4.69, 9.17) is 10.5 Å². The molecule has 3 N–H and O–H groups in total. The molecule has 1 aliphatic carbocycles. The summed E-state index contributed by atoms with van der Waals surface area (Å²) in [5.41, 5.74) is 7.70. The molecule has 1 amide bonds. The van der Waals surface area contributed by atoms with Gasteiger partial charge in [0.05, 0.1) is 17.5 Å². The number of nitrogens with two attached hydrogens (primary N) is 1. The molecule has 1 aromatic heterocycles. The molecular formula is C19H27N5O2. The summed E-state index contributed by atoms with van der Waals surface area (Å²) in [4.78, 5) is 12.6. The van der Waals surface area contributed by atoms with Gasteiger partial charge in [-0.3, -0.25) is 4.79 Å². The van der Waals surface area contributed by atoms with Crippen LogP contribution >= 0.6 is 0 Å². The first-order valence-electron chi connectivity index (χ1n) is 9.20. The molecule has 2 aromatic rings. The van der Waals surface area contributed by atoms with Crippen molar-refractivity contribution in [1.82, 2.24) is 20.3 Å². The first-order valence-corrected chi connectivity index (χ1v) is 9.20. The van der Waals surface area contributed by atoms with E-state index >= 15 is 0 Å². The smallest absolute Gasteiger partial charge is 0.273 e. The summed E-state index contributed by atoms with van der Waals surface area (Å²) in [6, 6.07) is 7.72. The van der Waals surface area contributed by atoms with Crippen LogP contribution in [0.2, 0.25) is 0 Å². The van der Waals surface area contributed by atoms with Crippen LogP contribution in [0.1, 0.15) is 49.3 Å². The third kappa shape index (κ3) is 3.88. The van der Waals surface area contributed by atoms with Gasteiger partial charge in [0.15, 0.2) is 5.69 Å². The van der Waals surface area contributed by atoms with Gasteiger partial charge in [-0.1, -0.05) is 11.6 Å². The van der Waals surface area contributed by atoms with Gasteiger partial charge >= 0.3 is 0 Å². The molecule has 7 nitrogen and oxygen atoms in total. The number of carbonyl (C=O) groups is 1. The van der Waals surface area contributed by atoms with E-state index in [0.29, 0.717) is 23.9 Å². The van der Waals surface area contributed by atoms with Gasteiger partial charge in [0, 0.05) is 6.04 Å². The van der Waals surface area contributed by atoms with Crippen molar-refractivity contribution in [2.24, 2.45) is 11.7 Å². The van der Waals surface area contributed by atoms with Crippen LogP contribution < -0.4 is 15.8 Å². The number of ether oxygens (including phenoxy) is 1. The monoisotopic (exact) mass is 357 g/mol. The lowest BCUT2D eigenvalue weighted by molar-refractivity contribution is 0.0923. The maximum Gasteiger partial charge on any atom is 0.273 e. The minimum atomic E-state index is -0.182. The second kappa shape index (κ2) is 7.86. The molecule has 0 aliphatic heterocycles. The molecular weight excluding hydrogens is 330 g/mol. The Morgan fingerprint density at radius 2 is 2.08 bits per heavy atom. The molecule has 140 valence electrons. The number of aromatic nitrogens is 3. The zero-order chi connectivity index (χ0) is 18.7. The molecule has 0 radical (unpaired) electrons. The molecule has 0 saturated heterocycles. The predicted molar refractivity (Wildman–Crippen MR) is 99.5 cm³/mol. The van der Waals surface area contributed by atoms with Crippen molar-refractivity contribution >= 4 is 5.91 Å². The second-order valence-electron chi connectivity index (χ2n) is 7.10. The molecule has 2 unspecified atom stereocenters. The highest BCUT2D eigenvalue weighted by Crippen LogP contribution is 2.25. The maximum atomic E-state index is 12.6. The molecule has 3 rings (SSSR count). The zero-order valence-electron chi connectivity index (χ0n) is 15.6.